The molecule has 0 spiro atoms. The van der Waals surface area contributed by atoms with Gasteiger partial charge in [-0.25, -0.2) is 4.79 Å². The summed E-state index contributed by atoms with van der Waals surface area (Å²) in [5, 5.41) is 1.96. The quantitative estimate of drug-likeness (QED) is 0.680. The average molecular weight is 265 g/mol. The number of thiazole rings is 1. The molecule has 0 bridgehead atoms. The molecule has 1 heterocycles. The standard InChI is InChI=1S/C12H11NO2S2/c1-2-15-11(14)9-5-3-8(4-6-9)10-7-17-12(16)13-10/h3-7H,2H2,1H3,(H,13,16). The Kier molecular flexibility index (Phi) is 3.71. The smallest absolute Gasteiger partial charge is 0.338 e. The topological polar surface area (TPSA) is 42.1 Å². The number of carbonyl (C=O) groups excluding carboxylic acids is 1. The van der Waals surface area contributed by atoms with E-state index in [1.807, 2.05) is 17.5 Å². The molecule has 2 aromatic rings. The molecule has 0 unspecified atom stereocenters. The molecule has 0 atom stereocenters. The lowest BCUT2D eigenvalue weighted by Crippen LogP contribution is -2.03. The highest BCUT2D eigenvalue weighted by atomic mass is 32.1. The van der Waals surface area contributed by atoms with Crippen LogP contribution in [0.15, 0.2) is 29.6 Å². The number of rotatable bonds is 3. The van der Waals surface area contributed by atoms with Crippen LogP contribution < -0.4 is 0 Å². The van der Waals surface area contributed by atoms with Gasteiger partial charge < -0.3 is 9.72 Å². The predicted octanol–water partition coefficient (Wildman–Crippen LogP) is 3.65. The minimum absolute atomic E-state index is 0.294. The second-order valence-electron chi connectivity index (χ2n) is 3.36. The lowest BCUT2D eigenvalue weighted by molar-refractivity contribution is 0.0526. The first-order chi connectivity index (χ1) is 8.20. The fraction of sp³-hybridized carbons (Fsp3) is 0.167. The van der Waals surface area contributed by atoms with Crippen molar-refractivity contribution in [1.82, 2.24) is 4.98 Å². The zero-order valence-electron chi connectivity index (χ0n) is 9.23. The fourth-order valence-electron chi connectivity index (χ4n) is 1.42. The molecule has 1 N–H and O–H groups in total. The van der Waals surface area contributed by atoms with Gasteiger partial charge in [0.1, 0.15) is 0 Å². The van der Waals surface area contributed by atoms with Crippen LogP contribution in [0.5, 0.6) is 0 Å². The molecule has 2 rings (SSSR count). The van der Waals surface area contributed by atoms with Crippen LogP contribution in [0.1, 0.15) is 17.3 Å². The number of ether oxygens (including phenoxy) is 1. The Bertz CT molecular complexity index is 569. The monoisotopic (exact) mass is 265 g/mol. The van der Waals surface area contributed by atoms with Crippen LogP contribution in [-0.2, 0) is 4.74 Å². The Balaban J connectivity index is 2.24. The normalized spacial score (nSPS) is 10.2. The third kappa shape index (κ3) is 2.81. The Morgan fingerprint density at radius 3 is 2.65 bits per heavy atom. The van der Waals surface area contributed by atoms with Gasteiger partial charge in [-0.1, -0.05) is 12.1 Å². The zero-order chi connectivity index (χ0) is 12.3. The van der Waals surface area contributed by atoms with E-state index >= 15 is 0 Å². The van der Waals surface area contributed by atoms with Crippen LogP contribution in [0.25, 0.3) is 11.3 Å². The van der Waals surface area contributed by atoms with Gasteiger partial charge in [0.2, 0.25) is 0 Å². The number of H-pyrrole nitrogens is 1. The molecule has 5 heteroatoms. The predicted molar refractivity (Wildman–Crippen MR) is 70.9 cm³/mol. The lowest BCUT2D eigenvalue weighted by Gasteiger charge is -2.02. The number of hydrogen-bond donors (Lipinski definition) is 1. The minimum Gasteiger partial charge on any atom is -0.462 e. The van der Waals surface area contributed by atoms with Crippen LogP contribution in [-0.4, -0.2) is 17.6 Å². The third-order valence-corrected chi connectivity index (χ3v) is 3.29. The average Bonchev–Trinajstić information content (AvgIpc) is 2.76. The van der Waals surface area contributed by atoms with Crippen molar-refractivity contribution in [1.29, 1.82) is 0 Å². The summed E-state index contributed by atoms with van der Waals surface area (Å²) in [4.78, 5) is 14.5. The van der Waals surface area contributed by atoms with Crippen molar-refractivity contribution >= 4 is 29.5 Å². The summed E-state index contributed by atoms with van der Waals surface area (Å²) in [5.41, 5.74) is 2.53. The molecule has 0 amide bonds. The maximum atomic E-state index is 11.5. The van der Waals surface area contributed by atoms with E-state index in [0.29, 0.717) is 12.2 Å². The second kappa shape index (κ2) is 5.25. The Morgan fingerprint density at radius 2 is 2.12 bits per heavy atom. The molecule has 88 valence electrons. The van der Waals surface area contributed by atoms with Crippen molar-refractivity contribution in [2.45, 2.75) is 6.92 Å². The lowest BCUT2D eigenvalue weighted by atomic mass is 10.1. The number of carbonyl (C=O) groups is 1. The highest BCUT2D eigenvalue weighted by Crippen LogP contribution is 2.20. The molecule has 1 aromatic heterocycles. The summed E-state index contributed by atoms with van der Waals surface area (Å²) in [6, 6.07) is 7.25. The summed E-state index contributed by atoms with van der Waals surface area (Å²) in [7, 11) is 0. The highest BCUT2D eigenvalue weighted by molar-refractivity contribution is 7.73. The molecule has 0 saturated heterocycles. The fourth-order valence-corrected chi connectivity index (χ4v) is 2.26. The first-order valence-electron chi connectivity index (χ1n) is 5.16. The van der Waals surface area contributed by atoms with Crippen LogP contribution in [0.2, 0.25) is 0 Å². The Labute approximate surface area is 108 Å². The number of esters is 1. The van der Waals surface area contributed by atoms with E-state index < -0.39 is 0 Å². The summed E-state index contributed by atoms with van der Waals surface area (Å²) in [6.45, 7) is 2.18. The molecular formula is C12H11NO2S2. The number of hydrogen-bond acceptors (Lipinski definition) is 4. The molecule has 0 aliphatic heterocycles. The maximum absolute atomic E-state index is 11.5. The first-order valence-corrected chi connectivity index (χ1v) is 6.45. The molecule has 3 nitrogen and oxygen atoms in total. The van der Waals surface area contributed by atoms with Crippen LogP contribution in [0, 0.1) is 3.95 Å². The highest BCUT2D eigenvalue weighted by Gasteiger charge is 2.06. The number of aromatic amines is 1. The number of nitrogens with one attached hydrogen (secondary N) is 1. The van der Waals surface area contributed by atoms with Crippen molar-refractivity contribution < 1.29 is 9.53 Å². The summed E-state index contributed by atoms with van der Waals surface area (Å²) in [5.74, 6) is -0.294. The SMILES string of the molecule is CCOC(=O)c1ccc(-c2csc(=S)[nH]2)cc1. The molecule has 0 aliphatic carbocycles. The van der Waals surface area contributed by atoms with Gasteiger partial charge in [0.15, 0.2) is 3.95 Å². The molecular weight excluding hydrogens is 254 g/mol. The van der Waals surface area contributed by atoms with Crippen LogP contribution >= 0.6 is 23.6 Å². The van der Waals surface area contributed by atoms with Gasteiger partial charge in [0.05, 0.1) is 17.9 Å². The third-order valence-electron chi connectivity index (χ3n) is 2.23. The van der Waals surface area contributed by atoms with Gasteiger partial charge in [-0.15, -0.1) is 11.3 Å². The first kappa shape index (κ1) is 12.0. The minimum atomic E-state index is -0.294. The van der Waals surface area contributed by atoms with Crippen LogP contribution in [0.3, 0.4) is 0 Å². The van der Waals surface area contributed by atoms with Gasteiger partial charge in [0, 0.05) is 5.38 Å². The number of aromatic nitrogens is 1. The van der Waals surface area contributed by atoms with E-state index in [1.54, 1.807) is 19.1 Å². The molecule has 0 aliphatic rings. The van der Waals surface area contributed by atoms with E-state index in [4.69, 9.17) is 17.0 Å². The van der Waals surface area contributed by atoms with E-state index in [0.717, 1.165) is 15.2 Å². The maximum Gasteiger partial charge on any atom is 0.338 e. The Hall–Kier alpha value is -1.46. The molecule has 0 saturated carbocycles. The van der Waals surface area contributed by atoms with Gasteiger partial charge in [-0.2, -0.15) is 0 Å². The van der Waals surface area contributed by atoms with E-state index in [-0.39, 0.29) is 5.97 Å². The van der Waals surface area contributed by atoms with E-state index in [2.05, 4.69) is 4.98 Å². The van der Waals surface area contributed by atoms with Gasteiger partial charge in [-0.3, -0.25) is 0 Å². The van der Waals surface area contributed by atoms with E-state index in [9.17, 15) is 4.79 Å². The van der Waals surface area contributed by atoms with Gasteiger partial charge >= 0.3 is 5.97 Å². The van der Waals surface area contributed by atoms with Gasteiger partial charge in [-0.05, 0) is 36.8 Å². The summed E-state index contributed by atoms with van der Waals surface area (Å²) >= 11 is 6.51. The van der Waals surface area contributed by atoms with Gasteiger partial charge in [0.25, 0.3) is 0 Å². The Morgan fingerprint density at radius 1 is 1.41 bits per heavy atom. The van der Waals surface area contributed by atoms with E-state index in [1.165, 1.54) is 11.3 Å². The van der Waals surface area contributed by atoms with Crippen molar-refractivity contribution in [3.63, 3.8) is 0 Å². The molecule has 17 heavy (non-hydrogen) atoms. The van der Waals surface area contributed by atoms with Crippen molar-refractivity contribution in [3.8, 4) is 11.3 Å². The number of benzene rings is 1. The molecule has 0 fully saturated rings. The largest absolute Gasteiger partial charge is 0.462 e. The molecule has 1 aromatic carbocycles. The zero-order valence-corrected chi connectivity index (χ0v) is 10.9. The van der Waals surface area contributed by atoms with Crippen LogP contribution in [0.4, 0.5) is 0 Å². The van der Waals surface area contributed by atoms with Crippen molar-refractivity contribution in [2.24, 2.45) is 0 Å². The van der Waals surface area contributed by atoms with Crippen molar-refractivity contribution in [2.75, 3.05) is 6.61 Å². The summed E-state index contributed by atoms with van der Waals surface area (Å²) < 4.78 is 5.66. The van der Waals surface area contributed by atoms with Crippen molar-refractivity contribution in [3.05, 3.63) is 39.2 Å². The second-order valence-corrected chi connectivity index (χ2v) is 4.91. The summed E-state index contributed by atoms with van der Waals surface area (Å²) in [6.07, 6.45) is 0. The molecule has 0 radical (unpaired) electrons.